The maximum atomic E-state index is 11.7. The fourth-order valence-electron chi connectivity index (χ4n) is 2.80. The summed E-state index contributed by atoms with van der Waals surface area (Å²) in [6.45, 7) is 0.334. The molecule has 0 aromatic heterocycles. The molecule has 5 heteroatoms. The Morgan fingerprint density at radius 3 is 2.71 bits per heavy atom. The minimum absolute atomic E-state index is 0.264. The molecule has 1 amide bonds. The van der Waals surface area contributed by atoms with Gasteiger partial charge in [-0.1, -0.05) is 30.3 Å². The van der Waals surface area contributed by atoms with Gasteiger partial charge in [0.15, 0.2) is 0 Å². The average molecular weight is 306 g/mol. The number of hydrogen-bond acceptors (Lipinski definition) is 4. The number of carbonyl (C=O) groups is 1. The van der Waals surface area contributed by atoms with Crippen LogP contribution in [0.5, 0.6) is 0 Å². The number of rotatable bonds is 5. The van der Waals surface area contributed by atoms with E-state index < -0.39 is 0 Å². The number of hydrogen-bond donors (Lipinski definition) is 2. The number of alkyl carbamates (subject to hydrolysis) is 1. The van der Waals surface area contributed by atoms with Gasteiger partial charge in [-0.3, -0.25) is 0 Å². The molecule has 1 aliphatic heterocycles. The molecule has 4 nitrogen and oxygen atoms in total. The molecule has 0 radical (unpaired) electrons. The SMILES string of the molecule is O=C(NC1CC(NC2CCSC2)C1)OCc1ccccc1. The summed E-state index contributed by atoms with van der Waals surface area (Å²) < 4.78 is 5.23. The van der Waals surface area contributed by atoms with E-state index in [1.54, 1.807) is 0 Å². The number of nitrogens with one attached hydrogen (secondary N) is 2. The quantitative estimate of drug-likeness (QED) is 0.878. The van der Waals surface area contributed by atoms with E-state index in [0.717, 1.165) is 18.4 Å². The van der Waals surface area contributed by atoms with Crippen molar-refractivity contribution in [2.45, 2.75) is 44.0 Å². The number of carbonyl (C=O) groups excluding carboxylic acids is 1. The molecular weight excluding hydrogens is 284 g/mol. The van der Waals surface area contributed by atoms with E-state index in [0.29, 0.717) is 18.7 Å². The van der Waals surface area contributed by atoms with Gasteiger partial charge >= 0.3 is 6.09 Å². The van der Waals surface area contributed by atoms with Crippen molar-refractivity contribution in [3.05, 3.63) is 35.9 Å². The van der Waals surface area contributed by atoms with E-state index in [2.05, 4.69) is 10.6 Å². The second kappa shape index (κ2) is 7.18. The van der Waals surface area contributed by atoms with Gasteiger partial charge in [-0.05, 0) is 30.6 Å². The van der Waals surface area contributed by atoms with Crippen LogP contribution in [-0.2, 0) is 11.3 Å². The number of amides is 1. The van der Waals surface area contributed by atoms with Crippen LogP contribution >= 0.6 is 11.8 Å². The van der Waals surface area contributed by atoms with Crippen molar-refractivity contribution >= 4 is 17.9 Å². The molecule has 114 valence electrons. The molecule has 1 atom stereocenters. The third-order valence-corrected chi connectivity index (χ3v) is 5.24. The topological polar surface area (TPSA) is 50.4 Å². The van der Waals surface area contributed by atoms with Gasteiger partial charge in [-0.2, -0.15) is 11.8 Å². The molecule has 2 aliphatic rings. The Morgan fingerprint density at radius 1 is 1.19 bits per heavy atom. The minimum atomic E-state index is -0.307. The molecule has 1 saturated carbocycles. The Hall–Kier alpha value is -1.20. The van der Waals surface area contributed by atoms with Crippen LogP contribution in [0.3, 0.4) is 0 Å². The van der Waals surface area contributed by atoms with Crippen LogP contribution in [0.25, 0.3) is 0 Å². The van der Waals surface area contributed by atoms with Crippen molar-refractivity contribution in [3.8, 4) is 0 Å². The molecule has 1 saturated heterocycles. The molecule has 3 rings (SSSR count). The highest BCUT2D eigenvalue weighted by atomic mass is 32.2. The molecule has 0 bridgehead atoms. The van der Waals surface area contributed by atoms with Crippen LogP contribution in [0.15, 0.2) is 30.3 Å². The lowest BCUT2D eigenvalue weighted by Crippen LogP contribution is -2.54. The zero-order chi connectivity index (χ0) is 14.5. The molecule has 1 aliphatic carbocycles. The summed E-state index contributed by atoms with van der Waals surface area (Å²) in [6.07, 6.45) is 3.00. The molecule has 0 spiro atoms. The molecule has 1 heterocycles. The summed E-state index contributed by atoms with van der Waals surface area (Å²) in [5, 5.41) is 6.60. The van der Waals surface area contributed by atoms with Gasteiger partial charge in [0.25, 0.3) is 0 Å². The summed E-state index contributed by atoms with van der Waals surface area (Å²) >= 11 is 2.02. The Labute approximate surface area is 130 Å². The molecule has 2 fully saturated rings. The lowest BCUT2D eigenvalue weighted by atomic mass is 9.86. The van der Waals surface area contributed by atoms with Crippen LogP contribution < -0.4 is 10.6 Å². The largest absolute Gasteiger partial charge is 0.445 e. The first-order valence-corrected chi connectivity index (χ1v) is 8.76. The summed E-state index contributed by atoms with van der Waals surface area (Å²) in [6, 6.07) is 11.2. The minimum Gasteiger partial charge on any atom is -0.445 e. The maximum absolute atomic E-state index is 11.7. The standard InChI is InChI=1S/C16H22N2O2S/c19-16(20-10-12-4-2-1-3-5-12)18-15-8-14(9-15)17-13-6-7-21-11-13/h1-5,13-15,17H,6-11H2,(H,18,19). The second-order valence-electron chi connectivity index (χ2n) is 5.80. The monoisotopic (exact) mass is 306 g/mol. The lowest BCUT2D eigenvalue weighted by Gasteiger charge is -2.37. The fourth-order valence-corrected chi connectivity index (χ4v) is 3.97. The molecule has 1 aromatic rings. The van der Waals surface area contributed by atoms with E-state index >= 15 is 0 Å². The van der Waals surface area contributed by atoms with Crippen molar-refractivity contribution in [3.63, 3.8) is 0 Å². The number of benzene rings is 1. The summed E-state index contributed by atoms with van der Waals surface area (Å²) in [4.78, 5) is 11.7. The van der Waals surface area contributed by atoms with Crippen molar-refractivity contribution in [1.29, 1.82) is 0 Å². The van der Waals surface area contributed by atoms with Crippen molar-refractivity contribution < 1.29 is 9.53 Å². The van der Waals surface area contributed by atoms with Crippen LogP contribution in [0.1, 0.15) is 24.8 Å². The first-order valence-electron chi connectivity index (χ1n) is 7.60. The van der Waals surface area contributed by atoms with Gasteiger partial charge in [0.05, 0.1) is 0 Å². The highest BCUT2D eigenvalue weighted by Gasteiger charge is 2.32. The van der Waals surface area contributed by atoms with Crippen LogP contribution in [0.4, 0.5) is 4.79 Å². The van der Waals surface area contributed by atoms with Crippen LogP contribution in [0.2, 0.25) is 0 Å². The molecule has 2 N–H and O–H groups in total. The number of ether oxygens (including phenoxy) is 1. The predicted molar refractivity (Wildman–Crippen MR) is 85.4 cm³/mol. The molecule has 1 unspecified atom stereocenters. The normalized spacial score (nSPS) is 27.9. The third kappa shape index (κ3) is 4.38. The van der Waals surface area contributed by atoms with E-state index in [-0.39, 0.29) is 12.1 Å². The number of thioether (sulfide) groups is 1. The Morgan fingerprint density at radius 2 is 2.00 bits per heavy atom. The van der Waals surface area contributed by atoms with E-state index in [4.69, 9.17) is 4.74 Å². The van der Waals surface area contributed by atoms with Crippen molar-refractivity contribution in [2.75, 3.05) is 11.5 Å². The molecular formula is C16H22N2O2S. The predicted octanol–water partition coefficient (Wildman–Crippen LogP) is 2.54. The van der Waals surface area contributed by atoms with Gasteiger partial charge in [-0.15, -0.1) is 0 Å². The average Bonchev–Trinajstić information content (AvgIpc) is 2.97. The van der Waals surface area contributed by atoms with Gasteiger partial charge in [-0.25, -0.2) is 4.79 Å². The van der Waals surface area contributed by atoms with Gasteiger partial charge in [0.1, 0.15) is 6.61 Å². The van der Waals surface area contributed by atoms with Gasteiger partial charge in [0.2, 0.25) is 0 Å². The van der Waals surface area contributed by atoms with Gasteiger partial charge in [0, 0.05) is 23.9 Å². The third-order valence-electron chi connectivity index (χ3n) is 4.07. The smallest absolute Gasteiger partial charge is 0.407 e. The summed E-state index contributed by atoms with van der Waals surface area (Å²) in [5.41, 5.74) is 1.01. The van der Waals surface area contributed by atoms with E-state index in [1.165, 1.54) is 17.9 Å². The fraction of sp³-hybridized carbons (Fsp3) is 0.562. The van der Waals surface area contributed by atoms with Crippen LogP contribution in [-0.4, -0.2) is 35.7 Å². The maximum Gasteiger partial charge on any atom is 0.407 e. The first kappa shape index (κ1) is 14.7. The van der Waals surface area contributed by atoms with Gasteiger partial charge < -0.3 is 15.4 Å². The Bertz CT molecular complexity index is 457. The highest BCUT2D eigenvalue weighted by molar-refractivity contribution is 7.99. The molecule has 1 aromatic carbocycles. The second-order valence-corrected chi connectivity index (χ2v) is 6.95. The lowest BCUT2D eigenvalue weighted by molar-refractivity contribution is 0.124. The zero-order valence-electron chi connectivity index (χ0n) is 12.1. The Kier molecular flexibility index (Phi) is 5.04. The molecule has 21 heavy (non-hydrogen) atoms. The zero-order valence-corrected chi connectivity index (χ0v) is 12.9. The van der Waals surface area contributed by atoms with Crippen molar-refractivity contribution in [1.82, 2.24) is 10.6 Å². The van der Waals surface area contributed by atoms with E-state index in [9.17, 15) is 4.79 Å². The van der Waals surface area contributed by atoms with Crippen LogP contribution in [0, 0.1) is 0 Å². The highest BCUT2D eigenvalue weighted by Crippen LogP contribution is 2.24. The van der Waals surface area contributed by atoms with E-state index in [1.807, 2.05) is 42.1 Å². The first-order chi connectivity index (χ1) is 10.3. The summed E-state index contributed by atoms with van der Waals surface area (Å²) in [7, 11) is 0. The van der Waals surface area contributed by atoms with Crippen molar-refractivity contribution in [2.24, 2.45) is 0 Å². The Balaban J connectivity index is 1.30. The summed E-state index contributed by atoms with van der Waals surface area (Å²) in [5.74, 6) is 2.51.